The van der Waals surface area contributed by atoms with Gasteiger partial charge in [-0.1, -0.05) is 88.4 Å². The smallest absolute Gasteiger partial charge is 0.326 e. The van der Waals surface area contributed by atoms with E-state index in [9.17, 15) is 58.5 Å². The number of aliphatic hydroxyl groups is 1. The Bertz CT molecular complexity index is 1790. The lowest BCUT2D eigenvalue weighted by molar-refractivity contribution is -0.142. The summed E-state index contributed by atoms with van der Waals surface area (Å²) in [4.78, 5) is 114. The fourth-order valence-electron chi connectivity index (χ4n) is 5.52. The minimum Gasteiger partial charge on any atom is -0.481 e. The number of hydrogen-bond donors (Lipinski definition) is 10. The summed E-state index contributed by atoms with van der Waals surface area (Å²) in [7, 11) is 0. The van der Waals surface area contributed by atoms with Crippen LogP contribution in [0.3, 0.4) is 0 Å². The fraction of sp³-hybridized carbons (Fsp3) is 0.475. The molecule has 19 nitrogen and oxygen atoms in total. The molecule has 0 spiro atoms. The Morgan fingerprint density at radius 3 is 1.58 bits per heavy atom. The molecule has 322 valence electrons. The molecular weight excluding hydrogens is 770 g/mol. The number of hydrogen-bond acceptors (Lipinski definition) is 10. The van der Waals surface area contributed by atoms with Gasteiger partial charge in [0.05, 0.1) is 25.5 Å². The van der Waals surface area contributed by atoms with Crippen LogP contribution in [0.4, 0.5) is 0 Å². The fourth-order valence-corrected chi connectivity index (χ4v) is 5.52. The number of carboxylic acids is 2. The van der Waals surface area contributed by atoms with Gasteiger partial charge in [0, 0.05) is 6.42 Å². The van der Waals surface area contributed by atoms with Crippen molar-refractivity contribution in [1.29, 1.82) is 0 Å². The maximum absolute atomic E-state index is 13.3. The van der Waals surface area contributed by atoms with Gasteiger partial charge in [-0.15, -0.1) is 0 Å². The second-order valence-electron chi connectivity index (χ2n) is 14.7. The minimum atomic E-state index is -1.69. The molecule has 0 aliphatic rings. The third-order valence-corrected chi connectivity index (χ3v) is 8.93. The molecule has 59 heavy (non-hydrogen) atoms. The van der Waals surface area contributed by atoms with Crippen LogP contribution < -0.4 is 37.2 Å². The zero-order chi connectivity index (χ0) is 44.4. The van der Waals surface area contributed by atoms with Crippen molar-refractivity contribution in [3.8, 4) is 0 Å². The van der Waals surface area contributed by atoms with Gasteiger partial charge in [0.15, 0.2) is 0 Å². The Labute approximate surface area is 341 Å². The van der Waals surface area contributed by atoms with Crippen LogP contribution in [0.5, 0.6) is 0 Å². The Hall–Kier alpha value is -6.37. The van der Waals surface area contributed by atoms with Gasteiger partial charge < -0.3 is 52.5 Å². The van der Waals surface area contributed by atoms with Crippen LogP contribution in [0.15, 0.2) is 60.7 Å². The van der Waals surface area contributed by atoms with Gasteiger partial charge in [0.2, 0.25) is 41.4 Å². The van der Waals surface area contributed by atoms with Crippen molar-refractivity contribution in [1.82, 2.24) is 37.2 Å². The van der Waals surface area contributed by atoms with Crippen molar-refractivity contribution >= 4 is 53.3 Å². The number of benzene rings is 2. The van der Waals surface area contributed by atoms with E-state index in [1.807, 2.05) is 0 Å². The first-order valence-electron chi connectivity index (χ1n) is 19.0. The highest BCUT2D eigenvalue weighted by molar-refractivity contribution is 5.97. The van der Waals surface area contributed by atoms with Gasteiger partial charge in [-0.3, -0.25) is 38.4 Å². The summed E-state index contributed by atoms with van der Waals surface area (Å²) in [5.74, 6) is -9.90. The lowest BCUT2D eigenvalue weighted by Crippen LogP contribution is -2.61. The molecular formula is C40H55N7O12. The predicted octanol–water partition coefficient (Wildman–Crippen LogP) is -1.23. The van der Waals surface area contributed by atoms with Crippen molar-refractivity contribution in [2.45, 2.75) is 103 Å². The molecule has 0 aliphatic heterocycles. The standard InChI is InChI=1S/C40H55N7O12/c1-21(2)32(46-29(48)18-26-15-11-8-12-16-26)39(57)44-27(19-31(50)51)37(55)43-24(6)36(54)47-33(34(52)22(3)4)38(56)41-20-30(49)42-23(5)35(53)45-28(40(58)59)17-25-13-9-7-10-14-25/h7-16,21-24,27-28,32-34,52H,17-20H2,1-6H3,(H,41,56)(H,42,49)(H,43,55)(H,44,57)(H,45,53)(H,46,48)(H,47,54)(H,50,51)(H,58,59)/t23-,24+,27-,28+,32+,33+,34-/m1/s1. The van der Waals surface area contributed by atoms with Gasteiger partial charge in [0.1, 0.15) is 36.3 Å². The molecule has 0 unspecified atom stereocenters. The third-order valence-electron chi connectivity index (χ3n) is 8.93. The lowest BCUT2D eigenvalue weighted by Gasteiger charge is -2.28. The SMILES string of the molecule is CC(C)[C@H](NC(=O)Cc1ccccc1)C(=O)N[C@H](CC(=O)O)C(=O)N[C@@H](C)C(=O)N[C@H](C(=O)NCC(=O)N[C@H](C)C(=O)N[C@@H](Cc1ccccc1)C(=O)O)[C@H](O)C(C)C. The first kappa shape index (κ1) is 48.8. The minimum absolute atomic E-state index is 0.0127. The second kappa shape index (κ2) is 23.8. The van der Waals surface area contributed by atoms with E-state index >= 15 is 0 Å². The highest BCUT2D eigenvalue weighted by Crippen LogP contribution is 2.09. The zero-order valence-electron chi connectivity index (χ0n) is 33.8. The van der Waals surface area contributed by atoms with E-state index < -0.39 is 120 Å². The van der Waals surface area contributed by atoms with Crippen LogP contribution in [0.1, 0.15) is 59.1 Å². The van der Waals surface area contributed by atoms with Crippen molar-refractivity contribution < 1.29 is 58.5 Å². The summed E-state index contributed by atoms with van der Waals surface area (Å²) in [6.07, 6.45) is -2.44. The Kier molecular flexibility index (Phi) is 19.6. The molecule has 0 aromatic heterocycles. The van der Waals surface area contributed by atoms with Crippen LogP contribution in [0.2, 0.25) is 0 Å². The third kappa shape index (κ3) is 16.9. The maximum atomic E-state index is 13.3. The maximum Gasteiger partial charge on any atom is 0.326 e. The first-order chi connectivity index (χ1) is 27.7. The monoisotopic (exact) mass is 825 g/mol. The van der Waals surface area contributed by atoms with Crippen LogP contribution in [0.25, 0.3) is 0 Å². The highest BCUT2D eigenvalue weighted by Gasteiger charge is 2.35. The molecule has 0 saturated carbocycles. The molecule has 0 radical (unpaired) electrons. The number of aliphatic carboxylic acids is 2. The van der Waals surface area contributed by atoms with Gasteiger partial charge in [-0.05, 0) is 36.8 Å². The lowest BCUT2D eigenvalue weighted by atomic mass is 9.98. The van der Waals surface area contributed by atoms with Crippen LogP contribution in [-0.2, 0) is 56.0 Å². The van der Waals surface area contributed by atoms with E-state index in [2.05, 4.69) is 37.2 Å². The summed E-state index contributed by atoms with van der Waals surface area (Å²) in [6, 6.07) is 8.85. The summed E-state index contributed by atoms with van der Waals surface area (Å²) < 4.78 is 0. The Balaban J connectivity index is 2.03. The molecule has 19 heteroatoms. The number of aliphatic hydroxyl groups excluding tert-OH is 1. The quantitative estimate of drug-likeness (QED) is 0.0630. The normalized spacial score (nSPS) is 14.5. The second-order valence-corrected chi connectivity index (χ2v) is 14.7. The van der Waals surface area contributed by atoms with Crippen molar-refractivity contribution in [2.75, 3.05) is 6.54 Å². The van der Waals surface area contributed by atoms with Crippen molar-refractivity contribution in [3.63, 3.8) is 0 Å². The average molecular weight is 826 g/mol. The molecule has 7 atom stereocenters. The Morgan fingerprint density at radius 2 is 1.05 bits per heavy atom. The summed E-state index contributed by atoms with van der Waals surface area (Å²) in [6.45, 7) is 8.17. The number of nitrogens with one attached hydrogen (secondary N) is 7. The van der Waals surface area contributed by atoms with E-state index in [0.29, 0.717) is 11.1 Å². The van der Waals surface area contributed by atoms with Crippen molar-refractivity contribution in [2.24, 2.45) is 11.8 Å². The van der Waals surface area contributed by atoms with E-state index in [1.165, 1.54) is 13.8 Å². The molecule has 7 amide bonds. The van der Waals surface area contributed by atoms with E-state index in [-0.39, 0.29) is 12.8 Å². The van der Waals surface area contributed by atoms with E-state index in [1.54, 1.807) is 88.4 Å². The molecule has 0 heterocycles. The number of carboxylic acid groups (broad SMARTS) is 2. The first-order valence-corrected chi connectivity index (χ1v) is 19.0. The van der Waals surface area contributed by atoms with Gasteiger partial charge in [-0.25, -0.2) is 4.79 Å². The molecule has 0 saturated heterocycles. The van der Waals surface area contributed by atoms with E-state index in [0.717, 1.165) is 0 Å². The van der Waals surface area contributed by atoms with Crippen LogP contribution in [0, 0.1) is 11.8 Å². The van der Waals surface area contributed by atoms with Crippen molar-refractivity contribution in [3.05, 3.63) is 71.8 Å². The number of carbonyl (C=O) groups excluding carboxylic acids is 7. The van der Waals surface area contributed by atoms with Gasteiger partial charge >= 0.3 is 11.9 Å². The number of rotatable bonds is 23. The molecule has 2 rings (SSSR count). The van der Waals surface area contributed by atoms with Crippen LogP contribution >= 0.6 is 0 Å². The largest absolute Gasteiger partial charge is 0.481 e. The molecule has 2 aromatic rings. The molecule has 10 N–H and O–H groups in total. The van der Waals surface area contributed by atoms with Crippen LogP contribution in [-0.4, -0.2) is 118 Å². The van der Waals surface area contributed by atoms with Gasteiger partial charge in [-0.2, -0.15) is 0 Å². The Morgan fingerprint density at radius 1 is 0.525 bits per heavy atom. The topological polar surface area (TPSA) is 299 Å². The summed E-state index contributed by atoms with van der Waals surface area (Å²) >= 11 is 0. The summed E-state index contributed by atoms with van der Waals surface area (Å²) in [5.41, 5.74) is 1.35. The molecule has 2 aromatic carbocycles. The summed E-state index contributed by atoms with van der Waals surface area (Å²) in [5, 5.41) is 46.4. The average Bonchev–Trinajstić information content (AvgIpc) is 3.17. The molecule has 0 fully saturated rings. The van der Waals surface area contributed by atoms with Gasteiger partial charge in [0.25, 0.3) is 0 Å². The number of amides is 7. The molecule has 0 bridgehead atoms. The highest BCUT2D eigenvalue weighted by atomic mass is 16.4. The molecule has 0 aliphatic carbocycles. The zero-order valence-corrected chi connectivity index (χ0v) is 33.8. The number of carbonyl (C=O) groups is 9. The van der Waals surface area contributed by atoms with E-state index in [4.69, 9.17) is 0 Å². The predicted molar refractivity (Wildman–Crippen MR) is 212 cm³/mol.